The van der Waals surface area contributed by atoms with Crippen molar-refractivity contribution >= 4 is 29.2 Å². The summed E-state index contributed by atoms with van der Waals surface area (Å²) in [4.78, 5) is 38.0. The molecule has 0 unspecified atom stereocenters. The molecular formula is C21H20F2N2O4. The Hall–Kier alpha value is -3.29. The second kappa shape index (κ2) is 8.38. The van der Waals surface area contributed by atoms with E-state index >= 15 is 0 Å². The van der Waals surface area contributed by atoms with E-state index in [-0.39, 0.29) is 18.9 Å². The van der Waals surface area contributed by atoms with Crippen molar-refractivity contribution in [1.29, 1.82) is 0 Å². The van der Waals surface area contributed by atoms with Crippen molar-refractivity contribution in [3.8, 4) is 0 Å². The summed E-state index contributed by atoms with van der Waals surface area (Å²) in [7, 11) is 0. The van der Waals surface area contributed by atoms with Crippen molar-refractivity contribution in [3.05, 3.63) is 59.2 Å². The fraction of sp³-hybridized carbons (Fsp3) is 0.286. The lowest BCUT2D eigenvalue weighted by atomic mass is 10.1. The van der Waals surface area contributed by atoms with E-state index in [4.69, 9.17) is 4.74 Å². The third-order valence-corrected chi connectivity index (χ3v) is 4.90. The van der Waals surface area contributed by atoms with Crippen molar-refractivity contribution in [2.24, 2.45) is 5.92 Å². The fourth-order valence-electron chi connectivity index (χ4n) is 3.17. The Labute approximate surface area is 166 Å². The third-order valence-electron chi connectivity index (χ3n) is 4.90. The third kappa shape index (κ3) is 4.42. The van der Waals surface area contributed by atoms with Gasteiger partial charge in [0.15, 0.2) is 6.61 Å². The molecule has 0 aromatic heterocycles. The van der Waals surface area contributed by atoms with Gasteiger partial charge in [-0.25, -0.2) is 8.78 Å². The number of anilines is 2. The first kappa shape index (κ1) is 20.4. The van der Waals surface area contributed by atoms with Crippen LogP contribution in [0.15, 0.2) is 36.4 Å². The van der Waals surface area contributed by atoms with Gasteiger partial charge in [-0.15, -0.1) is 0 Å². The minimum Gasteiger partial charge on any atom is -0.455 e. The van der Waals surface area contributed by atoms with Crippen LogP contribution in [0.5, 0.6) is 0 Å². The second-order valence-electron chi connectivity index (χ2n) is 6.88. The number of amides is 2. The van der Waals surface area contributed by atoms with Gasteiger partial charge in [0.05, 0.1) is 5.92 Å². The van der Waals surface area contributed by atoms with E-state index in [0.29, 0.717) is 0 Å². The van der Waals surface area contributed by atoms with Crippen LogP contribution in [0, 0.1) is 31.4 Å². The molecule has 1 aliphatic rings. The number of esters is 1. The van der Waals surface area contributed by atoms with Crippen LogP contribution in [0.1, 0.15) is 17.5 Å². The summed E-state index contributed by atoms with van der Waals surface area (Å²) in [6, 6.07) is 8.74. The lowest BCUT2D eigenvalue weighted by Crippen LogP contribution is -2.28. The molecule has 0 saturated carbocycles. The molecule has 1 atom stereocenters. The number of hydrogen-bond donors (Lipinski definition) is 1. The Morgan fingerprint density at radius 1 is 1.14 bits per heavy atom. The van der Waals surface area contributed by atoms with Crippen molar-refractivity contribution in [2.45, 2.75) is 20.3 Å². The van der Waals surface area contributed by atoms with E-state index in [1.54, 1.807) is 0 Å². The summed E-state index contributed by atoms with van der Waals surface area (Å²) in [5, 5.41) is 2.04. The Kier molecular flexibility index (Phi) is 5.91. The molecule has 0 bridgehead atoms. The molecule has 1 aliphatic heterocycles. The molecule has 0 spiro atoms. The first-order valence-corrected chi connectivity index (χ1v) is 9.05. The monoisotopic (exact) mass is 402 g/mol. The summed E-state index contributed by atoms with van der Waals surface area (Å²) in [6.45, 7) is 3.27. The average Bonchev–Trinajstić information content (AvgIpc) is 3.06. The largest absolute Gasteiger partial charge is 0.455 e. The Bertz CT molecular complexity index is 957. The molecule has 1 fully saturated rings. The van der Waals surface area contributed by atoms with Crippen LogP contribution in [0.2, 0.25) is 0 Å². The number of aryl methyl sites for hydroxylation is 1. The van der Waals surface area contributed by atoms with E-state index in [1.165, 1.54) is 11.0 Å². The molecule has 2 aromatic carbocycles. The van der Waals surface area contributed by atoms with Crippen molar-refractivity contribution in [3.63, 3.8) is 0 Å². The number of halogens is 2. The zero-order valence-corrected chi connectivity index (χ0v) is 16.0. The molecule has 152 valence electrons. The Balaban J connectivity index is 1.58. The van der Waals surface area contributed by atoms with Gasteiger partial charge in [-0.3, -0.25) is 14.4 Å². The number of carbonyl (C=O) groups excluding carboxylic acids is 3. The predicted octanol–water partition coefficient (Wildman–Crippen LogP) is 3.12. The van der Waals surface area contributed by atoms with Gasteiger partial charge >= 0.3 is 5.97 Å². The highest BCUT2D eigenvalue weighted by Gasteiger charge is 2.37. The number of carbonyl (C=O) groups is 3. The molecule has 8 heteroatoms. The highest BCUT2D eigenvalue weighted by molar-refractivity contribution is 6.00. The molecule has 3 rings (SSSR count). The number of rotatable bonds is 5. The van der Waals surface area contributed by atoms with Gasteiger partial charge in [0.1, 0.15) is 17.3 Å². The van der Waals surface area contributed by atoms with Crippen LogP contribution in [-0.4, -0.2) is 30.9 Å². The summed E-state index contributed by atoms with van der Waals surface area (Å²) < 4.78 is 32.1. The van der Waals surface area contributed by atoms with E-state index in [1.807, 2.05) is 37.4 Å². The van der Waals surface area contributed by atoms with Gasteiger partial charge in [-0.05, 0) is 43.2 Å². The molecule has 6 nitrogen and oxygen atoms in total. The predicted molar refractivity (Wildman–Crippen MR) is 102 cm³/mol. The number of nitrogens with zero attached hydrogens (tertiary/aromatic N) is 1. The smallest absolute Gasteiger partial charge is 0.311 e. The first-order valence-electron chi connectivity index (χ1n) is 9.05. The van der Waals surface area contributed by atoms with Gasteiger partial charge < -0.3 is 15.0 Å². The summed E-state index contributed by atoms with van der Waals surface area (Å²) in [5.41, 5.74) is 2.10. The molecule has 1 N–H and O–H groups in total. The van der Waals surface area contributed by atoms with E-state index in [0.717, 1.165) is 28.9 Å². The molecule has 29 heavy (non-hydrogen) atoms. The van der Waals surface area contributed by atoms with Crippen molar-refractivity contribution < 1.29 is 27.9 Å². The number of nitrogens with one attached hydrogen (secondary N) is 1. The lowest BCUT2D eigenvalue weighted by molar-refractivity contribution is -0.151. The van der Waals surface area contributed by atoms with Crippen LogP contribution in [0.3, 0.4) is 0 Å². The fourth-order valence-corrected chi connectivity index (χ4v) is 3.17. The van der Waals surface area contributed by atoms with Crippen LogP contribution in [0.4, 0.5) is 20.2 Å². The second-order valence-corrected chi connectivity index (χ2v) is 6.88. The molecule has 2 aromatic rings. The average molecular weight is 402 g/mol. The number of para-hydroxylation sites is 1. The quantitative estimate of drug-likeness (QED) is 0.780. The van der Waals surface area contributed by atoms with Gasteiger partial charge in [-0.1, -0.05) is 18.2 Å². The molecule has 0 radical (unpaired) electrons. The number of benzene rings is 2. The molecule has 1 heterocycles. The van der Waals surface area contributed by atoms with Crippen molar-refractivity contribution in [2.75, 3.05) is 23.4 Å². The zero-order chi connectivity index (χ0) is 21.1. The minimum absolute atomic E-state index is 0.0320. The van der Waals surface area contributed by atoms with Crippen LogP contribution < -0.4 is 10.2 Å². The van der Waals surface area contributed by atoms with Crippen LogP contribution in [-0.2, 0) is 19.1 Å². The molecule has 1 saturated heterocycles. The normalized spacial score (nSPS) is 16.1. The SMILES string of the molecule is Cc1cccc(N2C[C@H](C(=O)OCC(=O)Nc3c(F)cccc3F)CC2=O)c1C. The van der Waals surface area contributed by atoms with Crippen LogP contribution >= 0.6 is 0 Å². The number of hydrogen-bond acceptors (Lipinski definition) is 4. The van der Waals surface area contributed by atoms with Crippen molar-refractivity contribution in [1.82, 2.24) is 0 Å². The molecule has 0 aliphatic carbocycles. The maximum Gasteiger partial charge on any atom is 0.311 e. The summed E-state index contributed by atoms with van der Waals surface area (Å²) >= 11 is 0. The van der Waals surface area contributed by atoms with E-state index in [2.05, 4.69) is 0 Å². The summed E-state index contributed by atoms with van der Waals surface area (Å²) in [5.74, 6) is -4.39. The standard InChI is InChI=1S/C21H20F2N2O4/c1-12-5-3-8-17(13(12)2)25-10-14(9-19(25)27)21(28)29-11-18(26)24-20-15(22)6-4-7-16(20)23/h3-8,14H,9-11H2,1-2H3,(H,24,26)/t14-/m1/s1. The van der Waals surface area contributed by atoms with Gasteiger partial charge in [0.2, 0.25) is 5.91 Å². The van der Waals surface area contributed by atoms with E-state index < -0.39 is 41.7 Å². The van der Waals surface area contributed by atoms with Crippen LogP contribution in [0.25, 0.3) is 0 Å². The number of ether oxygens (including phenoxy) is 1. The van der Waals surface area contributed by atoms with E-state index in [9.17, 15) is 23.2 Å². The summed E-state index contributed by atoms with van der Waals surface area (Å²) in [6.07, 6.45) is -0.0320. The maximum absolute atomic E-state index is 13.6. The first-order chi connectivity index (χ1) is 13.8. The Morgan fingerprint density at radius 2 is 1.79 bits per heavy atom. The molecule has 2 amide bonds. The minimum atomic E-state index is -0.935. The Morgan fingerprint density at radius 3 is 2.48 bits per heavy atom. The van der Waals surface area contributed by atoms with Gasteiger partial charge in [0, 0.05) is 18.7 Å². The lowest BCUT2D eigenvalue weighted by Gasteiger charge is -2.20. The topological polar surface area (TPSA) is 75.7 Å². The van der Waals surface area contributed by atoms with Gasteiger partial charge in [-0.2, -0.15) is 0 Å². The van der Waals surface area contributed by atoms with Gasteiger partial charge in [0.25, 0.3) is 5.91 Å². The zero-order valence-electron chi connectivity index (χ0n) is 16.0. The molecular weight excluding hydrogens is 382 g/mol. The highest BCUT2D eigenvalue weighted by atomic mass is 19.1. The highest BCUT2D eigenvalue weighted by Crippen LogP contribution is 2.29. The maximum atomic E-state index is 13.6.